The predicted molar refractivity (Wildman–Crippen MR) is 73.1 cm³/mol. The lowest BCUT2D eigenvalue weighted by Gasteiger charge is -2.28. The van der Waals surface area contributed by atoms with Gasteiger partial charge in [0.1, 0.15) is 5.78 Å². The molecule has 0 saturated heterocycles. The van der Waals surface area contributed by atoms with Crippen LogP contribution in [0.5, 0.6) is 0 Å². The Morgan fingerprint density at radius 1 is 1.00 bits per heavy atom. The Balaban J connectivity index is 1.47. The lowest BCUT2D eigenvalue weighted by Crippen LogP contribution is -2.27. The van der Waals surface area contributed by atoms with E-state index in [2.05, 4.69) is 0 Å². The third-order valence-electron chi connectivity index (χ3n) is 5.98. The maximum absolute atomic E-state index is 12.4. The largest absolute Gasteiger partial charge is 0.330 e. The van der Waals surface area contributed by atoms with Crippen molar-refractivity contribution in [2.24, 2.45) is 35.3 Å². The zero-order valence-corrected chi connectivity index (χ0v) is 11.4. The van der Waals surface area contributed by atoms with Crippen molar-refractivity contribution in [2.75, 3.05) is 6.54 Å². The molecule has 0 spiro atoms. The number of Topliss-reactive ketones (excluding diaryl/α,β-unsaturated/α-hetero) is 1. The van der Waals surface area contributed by atoms with E-state index in [1.54, 1.807) is 0 Å². The number of nitrogens with two attached hydrogens (primary N) is 1. The average molecular weight is 249 g/mol. The maximum Gasteiger partial charge on any atom is 0.136 e. The highest BCUT2D eigenvalue weighted by atomic mass is 16.1. The topological polar surface area (TPSA) is 43.1 Å². The molecule has 3 unspecified atom stereocenters. The Morgan fingerprint density at radius 2 is 1.78 bits per heavy atom. The van der Waals surface area contributed by atoms with Crippen LogP contribution in [0.15, 0.2) is 0 Å². The number of ketones is 1. The van der Waals surface area contributed by atoms with E-state index < -0.39 is 0 Å². The van der Waals surface area contributed by atoms with Gasteiger partial charge in [-0.2, -0.15) is 0 Å². The van der Waals surface area contributed by atoms with Crippen molar-refractivity contribution < 1.29 is 4.79 Å². The highest BCUT2D eigenvalue weighted by Gasteiger charge is 2.40. The molecule has 2 bridgehead atoms. The van der Waals surface area contributed by atoms with E-state index in [4.69, 9.17) is 5.73 Å². The Bertz CT molecular complexity index is 306. The second kappa shape index (κ2) is 5.32. The molecule has 0 aromatic rings. The first kappa shape index (κ1) is 12.7. The number of hydrogen-bond donors (Lipinski definition) is 1. The van der Waals surface area contributed by atoms with Gasteiger partial charge < -0.3 is 5.73 Å². The van der Waals surface area contributed by atoms with Crippen LogP contribution < -0.4 is 5.73 Å². The van der Waals surface area contributed by atoms with Crippen LogP contribution in [0.2, 0.25) is 0 Å². The molecule has 3 saturated carbocycles. The smallest absolute Gasteiger partial charge is 0.136 e. The van der Waals surface area contributed by atoms with Crippen LogP contribution in [0.25, 0.3) is 0 Å². The van der Waals surface area contributed by atoms with Crippen LogP contribution in [0, 0.1) is 29.6 Å². The van der Waals surface area contributed by atoms with Gasteiger partial charge in [0.15, 0.2) is 0 Å². The molecule has 2 N–H and O–H groups in total. The molecular formula is C16H27NO. The van der Waals surface area contributed by atoms with Crippen molar-refractivity contribution in [2.45, 2.75) is 57.8 Å². The van der Waals surface area contributed by atoms with Gasteiger partial charge in [0, 0.05) is 12.3 Å². The number of fused-ring (bicyclic) bond motifs is 2. The van der Waals surface area contributed by atoms with Gasteiger partial charge in [-0.3, -0.25) is 4.79 Å². The van der Waals surface area contributed by atoms with Gasteiger partial charge in [-0.25, -0.2) is 0 Å². The third kappa shape index (κ3) is 2.49. The first-order chi connectivity index (χ1) is 8.76. The molecule has 0 heterocycles. The average Bonchev–Trinajstić information content (AvgIpc) is 3.01. The van der Waals surface area contributed by atoms with Crippen molar-refractivity contribution >= 4 is 5.78 Å². The zero-order valence-electron chi connectivity index (χ0n) is 11.4. The number of carbonyl (C=O) groups is 1. The molecule has 3 atom stereocenters. The number of hydrogen-bond acceptors (Lipinski definition) is 2. The van der Waals surface area contributed by atoms with Gasteiger partial charge in [-0.05, 0) is 75.2 Å². The standard InChI is InChI=1S/C16H27NO/c17-10-11-1-4-13(5-2-11)16(18)9-15-8-12-3-6-14(15)7-12/h11-15H,1-10,17H2. The molecule has 0 amide bonds. The van der Waals surface area contributed by atoms with Crippen molar-refractivity contribution in [1.29, 1.82) is 0 Å². The highest BCUT2D eigenvalue weighted by molar-refractivity contribution is 5.81. The molecule has 102 valence electrons. The van der Waals surface area contributed by atoms with Crippen molar-refractivity contribution in [3.05, 3.63) is 0 Å². The van der Waals surface area contributed by atoms with Crippen molar-refractivity contribution in [3.8, 4) is 0 Å². The molecule has 3 aliphatic rings. The summed E-state index contributed by atoms with van der Waals surface area (Å²) < 4.78 is 0. The summed E-state index contributed by atoms with van der Waals surface area (Å²) in [5.41, 5.74) is 5.71. The lowest BCUT2D eigenvalue weighted by molar-refractivity contribution is -0.125. The SMILES string of the molecule is NCC1CCC(C(=O)CC2CC3CCC2C3)CC1. The van der Waals surface area contributed by atoms with Crippen molar-refractivity contribution in [1.82, 2.24) is 0 Å². The molecule has 0 aromatic heterocycles. The lowest BCUT2D eigenvalue weighted by atomic mass is 9.76. The minimum atomic E-state index is 0.381. The van der Waals surface area contributed by atoms with Gasteiger partial charge in [-0.1, -0.05) is 6.42 Å². The summed E-state index contributed by atoms with van der Waals surface area (Å²) >= 11 is 0. The second-order valence-corrected chi connectivity index (χ2v) is 7.06. The van der Waals surface area contributed by atoms with Crippen LogP contribution in [-0.2, 0) is 4.79 Å². The van der Waals surface area contributed by atoms with Gasteiger partial charge in [0.05, 0.1) is 0 Å². The first-order valence-electron chi connectivity index (χ1n) is 7.99. The van der Waals surface area contributed by atoms with Crippen LogP contribution in [0.4, 0.5) is 0 Å². The molecule has 3 aliphatic carbocycles. The molecule has 2 heteroatoms. The van der Waals surface area contributed by atoms with Gasteiger partial charge >= 0.3 is 0 Å². The fraction of sp³-hybridized carbons (Fsp3) is 0.938. The molecular weight excluding hydrogens is 222 g/mol. The Kier molecular flexibility index (Phi) is 3.74. The van der Waals surface area contributed by atoms with E-state index in [0.29, 0.717) is 17.6 Å². The summed E-state index contributed by atoms with van der Waals surface area (Å²) in [5.74, 6) is 4.29. The minimum Gasteiger partial charge on any atom is -0.330 e. The van der Waals surface area contributed by atoms with Crippen LogP contribution >= 0.6 is 0 Å². The van der Waals surface area contributed by atoms with E-state index in [0.717, 1.165) is 43.6 Å². The first-order valence-corrected chi connectivity index (χ1v) is 7.99. The quantitative estimate of drug-likeness (QED) is 0.831. The Hall–Kier alpha value is -0.370. The third-order valence-corrected chi connectivity index (χ3v) is 5.98. The summed E-state index contributed by atoms with van der Waals surface area (Å²) in [6, 6.07) is 0. The van der Waals surface area contributed by atoms with Crippen LogP contribution in [-0.4, -0.2) is 12.3 Å². The summed E-state index contributed by atoms with van der Waals surface area (Å²) in [6.07, 6.45) is 11.1. The molecule has 18 heavy (non-hydrogen) atoms. The summed E-state index contributed by atoms with van der Waals surface area (Å²) in [4.78, 5) is 12.4. The predicted octanol–water partition coefficient (Wildman–Crippen LogP) is 3.15. The number of carbonyl (C=O) groups excluding carboxylic acids is 1. The van der Waals surface area contributed by atoms with Gasteiger partial charge in [0.25, 0.3) is 0 Å². The molecule has 0 radical (unpaired) electrons. The monoisotopic (exact) mass is 249 g/mol. The van der Waals surface area contributed by atoms with Crippen molar-refractivity contribution in [3.63, 3.8) is 0 Å². The summed E-state index contributed by atoms with van der Waals surface area (Å²) in [7, 11) is 0. The van der Waals surface area contributed by atoms with Gasteiger partial charge in [-0.15, -0.1) is 0 Å². The van der Waals surface area contributed by atoms with E-state index in [-0.39, 0.29) is 0 Å². The minimum absolute atomic E-state index is 0.381. The zero-order chi connectivity index (χ0) is 12.5. The summed E-state index contributed by atoms with van der Waals surface area (Å²) in [5, 5.41) is 0. The molecule has 3 rings (SSSR count). The summed E-state index contributed by atoms with van der Waals surface area (Å²) in [6.45, 7) is 0.813. The second-order valence-electron chi connectivity index (χ2n) is 7.06. The van der Waals surface area contributed by atoms with E-state index >= 15 is 0 Å². The van der Waals surface area contributed by atoms with E-state index in [1.807, 2.05) is 0 Å². The molecule has 3 fully saturated rings. The fourth-order valence-electron chi connectivity index (χ4n) is 4.77. The van der Waals surface area contributed by atoms with E-state index in [9.17, 15) is 4.79 Å². The maximum atomic E-state index is 12.4. The van der Waals surface area contributed by atoms with Gasteiger partial charge in [0.2, 0.25) is 0 Å². The normalized spacial score (nSPS) is 43.3. The Labute approximate surface area is 111 Å². The molecule has 0 aliphatic heterocycles. The van der Waals surface area contributed by atoms with E-state index in [1.165, 1.54) is 38.5 Å². The van der Waals surface area contributed by atoms with Crippen LogP contribution in [0.3, 0.4) is 0 Å². The van der Waals surface area contributed by atoms with Crippen LogP contribution in [0.1, 0.15) is 57.8 Å². The highest BCUT2D eigenvalue weighted by Crippen LogP contribution is 2.50. The molecule has 2 nitrogen and oxygen atoms in total. The number of rotatable bonds is 4. The Morgan fingerprint density at radius 3 is 2.33 bits per heavy atom. The molecule has 0 aromatic carbocycles. The fourth-order valence-corrected chi connectivity index (χ4v) is 4.77.